The molecule has 0 aromatic heterocycles. The van der Waals surface area contributed by atoms with Crippen molar-refractivity contribution in [2.24, 2.45) is 0 Å². The van der Waals surface area contributed by atoms with E-state index in [2.05, 4.69) is 0 Å². The molecule has 96 valence electrons. The minimum absolute atomic E-state index is 0. The molecular weight excluding hydrogens is 253 g/mol. The Morgan fingerprint density at radius 2 is 1.47 bits per heavy atom. The Hall–Kier alpha value is -0.330. The zero-order valence-corrected chi connectivity index (χ0v) is 10.9. The molecule has 0 saturated carbocycles. The third-order valence-electron chi connectivity index (χ3n) is 1.42. The molecule has 0 radical (unpaired) electrons. The van der Waals surface area contributed by atoms with Crippen LogP contribution in [0.15, 0.2) is 0 Å². The molecule has 0 heterocycles. The number of aliphatic hydroxyl groups is 5. The van der Waals surface area contributed by atoms with Gasteiger partial charge in [0.1, 0.15) is 24.4 Å². The summed E-state index contributed by atoms with van der Waals surface area (Å²) in [7, 11) is 0. The number of carbonyl (C=O) groups excluding carboxylic acids is 1. The molecule has 10 nitrogen and oxygen atoms in total. The average molecular weight is 265 g/mol. The van der Waals surface area contributed by atoms with Crippen LogP contribution in [0.4, 0.5) is 0 Å². The third kappa shape index (κ3) is 11.9. The molecule has 0 saturated heterocycles. The molecule has 0 rings (SSSR count). The van der Waals surface area contributed by atoms with Crippen LogP contribution in [0.5, 0.6) is 0 Å². The summed E-state index contributed by atoms with van der Waals surface area (Å²) in [6, 6.07) is 0. The standard InChI is InChI=1S/C6H12O6.NO3.Na/c7-1-3(9)5(11)6(12)4(10)2-8;2-1(3)4;/h1,3-6,8-12H,2H2;;/q;-1;+1. The van der Waals surface area contributed by atoms with Gasteiger partial charge in [-0.1, -0.05) is 0 Å². The quantitative estimate of drug-likeness (QED) is 0.139. The van der Waals surface area contributed by atoms with Crippen LogP contribution >= 0.6 is 0 Å². The third-order valence-corrected chi connectivity index (χ3v) is 1.42. The van der Waals surface area contributed by atoms with Crippen molar-refractivity contribution < 1.29 is 65.0 Å². The molecule has 0 spiro atoms. The SMILES string of the molecule is O=CC(O)C(O)C(O)C(O)CO.O=[N+]([O-])[O-].[Na+]. The minimum Gasteiger partial charge on any atom is -0.394 e. The van der Waals surface area contributed by atoms with Crippen LogP contribution in [0.2, 0.25) is 0 Å². The average Bonchev–Trinajstić information content (AvgIpc) is 2.24. The fraction of sp³-hybridized carbons (Fsp3) is 0.833. The van der Waals surface area contributed by atoms with E-state index in [1.54, 1.807) is 0 Å². The second-order valence-electron chi connectivity index (χ2n) is 2.58. The van der Waals surface area contributed by atoms with Gasteiger partial charge < -0.3 is 45.6 Å². The summed E-state index contributed by atoms with van der Waals surface area (Å²) in [4.78, 5) is 18.1. The monoisotopic (exact) mass is 265 g/mol. The van der Waals surface area contributed by atoms with Crippen molar-refractivity contribution in [2.45, 2.75) is 24.4 Å². The van der Waals surface area contributed by atoms with Gasteiger partial charge in [-0.2, -0.15) is 0 Å². The Balaban J connectivity index is -0.000000340. The second-order valence-corrected chi connectivity index (χ2v) is 2.58. The van der Waals surface area contributed by atoms with Crippen molar-refractivity contribution in [1.29, 1.82) is 0 Å². The number of aldehydes is 1. The van der Waals surface area contributed by atoms with Gasteiger partial charge in [0.2, 0.25) is 0 Å². The van der Waals surface area contributed by atoms with Crippen LogP contribution in [0, 0.1) is 15.3 Å². The first kappa shape index (κ1) is 21.9. The van der Waals surface area contributed by atoms with Gasteiger partial charge in [-0.25, -0.2) is 0 Å². The topological polar surface area (TPSA) is 184 Å². The Labute approximate surface area is 118 Å². The summed E-state index contributed by atoms with van der Waals surface area (Å²) in [5.74, 6) is 0. The maximum Gasteiger partial charge on any atom is 1.00 e. The van der Waals surface area contributed by atoms with E-state index < -0.39 is 36.1 Å². The maximum atomic E-state index is 9.90. The van der Waals surface area contributed by atoms with Crippen LogP contribution < -0.4 is 29.6 Å². The van der Waals surface area contributed by atoms with Crippen molar-refractivity contribution in [2.75, 3.05) is 6.61 Å². The summed E-state index contributed by atoms with van der Waals surface area (Å²) >= 11 is 0. The molecule has 17 heavy (non-hydrogen) atoms. The van der Waals surface area contributed by atoms with Crippen LogP contribution in [-0.4, -0.2) is 67.9 Å². The Bertz CT molecular complexity index is 212. The van der Waals surface area contributed by atoms with Crippen LogP contribution in [0.1, 0.15) is 0 Å². The normalized spacial score (nSPS) is 16.3. The summed E-state index contributed by atoms with van der Waals surface area (Å²) in [5, 5.41) is 58.3. The second kappa shape index (κ2) is 12.1. The molecule has 5 N–H and O–H groups in total. The van der Waals surface area contributed by atoms with Gasteiger partial charge in [0.05, 0.1) is 11.7 Å². The van der Waals surface area contributed by atoms with Crippen molar-refractivity contribution in [3.63, 3.8) is 0 Å². The van der Waals surface area contributed by atoms with E-state index in [1.165, 1.54) is 0 Å². The molecule has 4 atom stereocenters. The summed E-state index contributed by atoms with van der Waals surface area (Å²) in [5.41, 5.74) is 0. The maximum absolute atomic E-state index is 9.90. The van der Waals surface area contributed by atoms with Crippen LogP contribution in [0.3, 0.4) is 0 Å². The van der Waals surface area contributed by atoms with Crippen molar-refractivity contribution in [3.8, 4) is 0 Å². The summed E-state index contributed by atoms with van der Waals surface area (Å²) in [6.07, 6.45) is -6.84. The van der Waals surface area contributed by atoms with E-state index in [0.29, 0.717) is 0 Å². The number of carbonyl (C=O) groups is 1. The van der Waals surface area contributed by atoms with Gasteiger partial charge in [0.15, 0.2) is 6.29 Å². The first-order valence-corrected chi connectivity index (χ1v) is 3.87. The molecule has 0 amide bonds. The van der Waals surface area contributed by atoms with E-state index in [-0.39, 0.29) is 35.8 Å². The van der Waals surface area contributed by atoms with Gasteiger partial charge in [-0.3, -0.25) is 0 Å². The number of aliphatic hydroxyl groups excluding tert-OH is 5. The number of hydrogen-bond acceptors (Lipinski definition) is 9. The van der Waals surface area contributed by atoms with Crippen molar-refractivity contribution in [1.82, 2.24) is 0 Å². The van der Waals surface area contributed by atoms with Crippen molar-refractivity contribution in [3.05, 3.63) is 15.3 Å². The fourth-order valence-corrected chi connectivity index (χ4v) is 0.618. The van der Waals surface area contributed by atoms with Gasteiger partial charge in [0.25, 0.3) is 0 Å². The number of rotatable bonds is 5. The van der Waals surface area contributed by atoms with E-state index in [0.717, 1.165) is 0 Å². The first-order chi connectivity index (χ1) is 7.27. The van der Waals surface area contributed by atoms with E-state index >= 15 is 0 Å². The molecule has 0 aromatic rings. The predicted molar refractivity (Wildman–Crippen MR) is 47.5 cm³/mol. The molecule has 0 aliphatic heterocycles. The molecule has 0 aromatic carbocycles. The summed E-state index contributed by atoms with van der Waals surface area (Å²) < 4.78 is 0. The largest absolute Gasteiger partial charge is 1.00 e. The zero-order valence-electron chi connectivity index (χ0n) is 8.91. The molecular formula is C6H12NNaO9. The van der Waals surface area contributed by atoms with Crippen LogP contribution in [-0.2, 0) is 4.79 Å². The Morgan fingerprint density at radius 1 is 1.12 bits per heavy atom. The first-order valence-electron chi connectivity index (χ1n) is 3.87. The van der Waals surface area contributed by atoms with Crippen molar-refractivity contribution >= 4 is 6.29 Å². The number of nitrogens with zero attached hydrogens (tertiary/aromatic N) is 1. The van der Waals surface area contributed by atoms with E-state index in [9.17, 15) is 4.79 Å². The minimum atomic E-state index is -1.79. The van der Waals surface area contributed by atoms with E-state index in [4.69, 9.17) is 40.9 Å². The molecule has 0 aliphatic carbocycles. The molecule has 11 heteroatoms. The molecule has 0 fully saturated rings. The van der Waals surface area contributed by atoms with E-state index in [1.807, 2.05) is 0 Å². The smallest absolute Gasteiger partial charge is 0.394 e. The number of hydrogen-bond donors (Lipinski definition) is 5. The predicted octanol–water partition coefficient (Wildman–Crippen LogP) is -6.61. The van der Waals surface area contributed by atoms with Gasteiger partial charge in [-0.15, -0.1) is 0 Å². The zero-order chi connectivity index (χ0) is 13.3. The summed E-state index contributed by atoms with van der Waals surface area (Å²) in [6.45, 7) is -0.760. The molecule has 0 aliphatic rings. The Kier molecular flexibility index (Phi) is 15.6. The molecule has 0 bridgehead atoms. The Morgan fingerprint density at radius 3 is 1.71 bits per heavy atom. The van der Waals surface area contributed by atoms with Crippen LogP contribution in [0.25, 0.3) is 0 Å². The fourth-order valence-electron chi connectivity index (χ4n) is 0.618. The molecule has 4 unspecified atom stereocenters. The van der Waals surface area contributed by atoms with Gasteiger partial charge in [0, 0.05) is 0 Å². The van der Waals surface area contributed by atoms with Gasteiger partial charge in [-0.05, 0) is 0 Å². The van der Waals surface area contributed by atoms with Gasteiger partial charge >= 0.3 is 29.6 Å².